The molecule has 0 aliphatic heterocycles. The molecular formula is C17H19N3O3S. The molecular weight excluding hydrogens is 326 g/mol. The number of aryl methyl sites for hydroxylation is 2. The van der Waals surface area contributed by atoms with Crippen molar-refractivity contribution < 1.29 is 13.6 Å². The molecule has 24 heavy (non-hydrogen) atoms. The first-order valence-corrected chi connectivity index (χ1v) is 8.53. The number of nitrogens with one attached hydrogen (secondary N) is 1. The smallest absolute Gasteiger partial charge is 0.263 e. The Kier molecular flexibility index (Phi) is 4.80. The number of hydrogen-bond donors (Lipinski definition) is 1. The molecule has 0 aliphatic rings. The Hall–Kier alpha value is -2.41. The molecule has 1 N–H and O–H groups in total. The molecule has 3 aromatic heterocycles. The normalized spacial score (nSPS) is 12.3. The second-order valence-corrected chi connectivity index (χ2v) is 6.96. The van der Waals surface area contributed by atoms with Crippen LogP contribution in [0.3, 0.4) is 0 Å². The zero-order valence-corrected chi connectivity index (χ0v) is 14.6. The number of carbonyl (C=O) groups is 1. The van der Waals surface area contributed by atoms with Gasteiger partial charge >= 0.3 is 0 Å². The molecule has 3 rings (SSSR count). The van der Waals surface area contributed by atoms with Crippen LogP contribution in [-0.2, 0) is 11.2 Å². The molecule has 0 bridgehead atoms. The van der Waals surface area contributed by atoms with Gasteiger partial charge in [-0.3, -0.25) is 4.79 Å². The van der Waals surface area contributed by atoms with Crippen LogP contribution >= 0.6 is 11.3 Å². The van der Waals surface area contributed by atoms with Gasteiger partial charge in [-0.1, -0.05) is 6.92 Å². The maximum Gasteiger partial charge on any atom is 0.263 e. The maximum absolute atomic E-state index is 12.2. The summed E-state index contributed by atoms with van der Waals surface area (Å²) < 4.78 is 10.8. The third kappa shape index (κ3) is 3.73. The topological polar surface area (TPSA) is 81.2 Å². The molecule has 0 spiro atoms. The lowest BCUT2D eigenvalue weighted by atomic mass is 10.2. The summed E-state index contributed by atoms with van der Waals surface area (Å²) in [5, 5.41) is 3.97. The van der Waals surface area contributed by atoms with E-state index in [2.05, 4.69) is 22.2 Å². The van der Waals surface area contributed by atoms with E-state index in [4.69, 9.17) is 8.83 Å². The molecule has 0 radical (unpaired) electrons. The van der Waals surface area contributed by atoms with Crippen LogP contribution in [0.1, 0.15) is 34.2 Å². The minimum Gasteiger partial charge on any atom is -0.459 e. The van der Waals surface area contributed by atoms with Crippen LogP contribution in [0.2, 0.25) is 0 Å². The van der Waals surface area contributed by atoms with Gasteiger partial charge in [-0.25, -0.2) is 9.97 Å². The minimum atomic E-state index is -0.0856. The summed E-state index contributed by atoms with van der Waals surface area (Å²) in [6.45, 7) is 6.42. The predicted molar refractivity (Wildman–Crippen MR) is 90.9 cm³/mol. The Morgan fingerprint density at radius 3 is 2.92 bits per heavy atom. The molecule has 7 heteroatoms. The highest BCUT2D eigenvalue weighted by Crippen LogP contribution is 2.23. The first-order chi connectivity index (χ1) is 11.5. The van der Waals surface area contributed by atoms with Crippen LogP contribution in [0, 0.1) is 13.8 Å². The fourth-order valence-electron chi connectivity index (χ4n) is 2.27. The Bertz CT molecular complexity index is 820. The van der Waals surface area contributed by atoms with Crippen LogP contribution in [0.15, 0.2) is 33.4 Å². The SMILES string of the molecule is Cc1cnc(C(C)CNC(=O)Cc2nc(-c3ccco3)oc2C)s1. The quantitative estimate of drug-likeness (QED) is 0.740. The van der Waals surface area contributed by atoms with Crippen molar-refractivity contribution in [3.63, 3.8) is 0 Å². The van der Waals surface area contributed by atoms with Gasteiger partial charge in [0.2, 0.25) is 5.91 Å². The van der Waals surface area contributed by atoms with E-state index in [9.17, 15) is 4.79 Å². The van der Waals surface area contributed by atoms with Crippen LogP contribution in [0.4, 0.5) is 0 Å². The Morgan fingerprint density at radius 1 is 1.42 bits per heavy atom. The molecule has 0 saturated heterocycles. The van der Waals surface area contributed by atoms with Gasteiger partial charge in [-0.05, 0) is 26.0 Å². The zero-order valence-electron chi connectivity index (χ0n) is 13.8. The van der Waals surface area contributed by atoms with Crippen LogP contribution in [0.25, 0.3) is 11.7 Å². The van der Waals surface area contributed by atoms with E-state index in [0.717, 1.165) is 5.01 Å². The second kappa shape index (κ2) is 7.00. The molecule has 1 unspecified atom stereocenters. The number of furan rings is 1. The average Bonchev–Trinajstić information content (AvgIpc) is 3.27. The number of carbonyl (C=O) groups excluding carboxylic acids is 1. The first kappa shape index (κ1) is 16.4. The fraction of sp³-hybridized carbons (Fsp3) is 0.353. The van der Waals surface area contributed by atoms with E-state index in [1.54, 1.807) is 36.7 Å². The summed E-state index contributed by atoms with van der Waals surface area (Å²) in [6, 6.07) is 3.54. The van der Waals surface area contributed by atoms with Crippen LogP contribution in [0.5, 0.6) is 0 Å². The van der Waals surface area contributed by atoms with Crippen LogP contribution in [-0.4, -0.2) is 22.4 Å². The lowest BCUT2D eigenvalue weighted by molar-refractivity contribution is -0.120. The van der Waals surface area contributed by atoms with E-state index >= 15 is 0 Å². The Morgan fingerprint density at radius 2 is 2.25 bits per heavy atom. The largest absolute Gasteiger partial charge is 0.459 e. The summed E-state index contributed by atoms with van der Waals surface area (Å²) >= 11 is 1.66. The number of hydrogen-bond acceptors (Lipinski definition) is 6. The Labute approximate surface area is 143 Å². The summed E-state index contributed by atoms with van der Waals surface area (Å²) in [6.07, 6.45) is 3.59. The molecule has 6 nitrogen and oxygen atoms in total. The van der Waals surface area contributed by atoms with Gasteiger partial charge in [-0.15, -0.1) is 11.3 Å². The third-order valence-electron chi connectivity index (χ3n) is 3.62. The van der Waals surface area contributed by atoms with Crippen molar-refractivity contribution in [3.05, 3.63) is 45.9 Å². The zero-order chi connectivity index (χ0) is 17.1. The van der Waals surface area contributed by atoms with Crippen molar-refractivity contribution in [2.24, 2.45) is 0 Å². The lowest BCUT2D eigenvalue weighted by Gasteiger charge is -2.09. The van der Waals surface area contributed by atoms with E-state index in [1.165, 1.54) is 4.88 Å². The van der Waals surface area contributed by atoms with Crippen molar-refractivity contribution in [1.29, 1.82) is 0 Å². The number of thiazole rings is 1. The third-order valence-corrected chi connectivity index (χ3v) is 4.76. The van der Waals surface area contributed by atoms with Crippen molar-refractivity contribution in [3.8, 4) is 11.7 Å². The van der Waals surface area contributed by atoms with E-state index < -0.39 is 0 Å². The maximum atomic E-state index is 12.2. The lowest BCUT2D eigenvalue weighted by Crippen LogP contribution is -2.29. The number of rotatable bonds is 6. The first-order valence-electron chi connectivity index (χ1n) is 7.72. The molecule has 0 saturated carbocycles. The second-order valence-electron chi connectivity index (χ2n) is 5.69. The van der Waals surface area contributed by atoms with Crippen LogP contribution < -0.4 is 5.32 Å². The van der Waals surface area contributed by atoms with Gasteiger partial charge < -0.3 is 14.2 Å². The Balaban J connectivity index is 1.57. The summed E-state index contributed by atoms with van der Waals surface area (Å²) in [7, 11) is 0. The summed E-state index contributed by atoms with van der Waals surface area (Å²) in [5.41, 5.74) is 0.622. The highest BCUT2D eigenvalue weighted by atomic mass is 32.1. The minimum absolute atomic E-state index is 0.0856. The van der Waals surface area contributed by atoms with E-state index in [-0.39, 0.29) is 18.2 Å². The average molecular weight is 345 g/mol. The highest BCUT2D eigenvalue weighted by Gasteiger charge is 2.17. The fourth-order valence-corrected chi connectivity index (χ4v) is 3.09. The molecule has 3 aromatic rings. The van der Waals surface area contributed by atoms with Crippen molar-refractivity contribution in [2.75, 3.05) is 6.54 Å². The summed E-state index contributed by atoms with van der Waals surface area (Å²) in [5.74, 6) is 1.67. The van der Waals surface area contributed by atoms with Gasteiger partial charge in [0.05, 0.1) is 23.4 Å². The highest BCUT2D eigenvalue weighted by molar-refractivity contribution is 7.11. The number of aromatic nitrogens is 2. The van der Waals surface area contributed by atoms with Gasteiger partial charge in [0.25, 0.3) is 5.89 Å². The molecule has 0 fully saturated rings. The molecule has 0 aliphatic carbocycles. The van der Waals surface area contributed by atoms with Crippen molar-refractivity contribution in [1.82, 2.24) is 15.3 Å². The van der Waals surface area contributed by atoms with Crippen molar-refractivity contribution >= 4 is 17.2 Å². The van der Waals surface area contributed by atoms with E-state index in [0.29, 0.717) is 29.6 Å². The number of nitrogens with zero attached hydrogens (tertiary/aromatic N) is 2. The molecule has 1 atom stereocenters. The molecule has 0 aromatic carbocycles. The number of amides is 1. The number of oxazole rings is 1. The monoisotopic (exact) mass is 345 g/mol. The van der Waals surface area contributed by atoms with Crippen molar-refractivity contribution in [2.45, 2.75) is 33.1 Å². The van der Waals surface area contributed by atoms with Gasteiger partial charge in [0.1, 0.15) is 5.76 Å². The van der Waals surface area contributed by atoms with Gasteiger partial charge in [-0.2, -0.15) is 0 Å². The summed E-state index contributed by atoms with van der Waals surface area (Å²) in [4.78, 5) is 22.0. The predicted octanol–water partition coefficient (Wildman–Crippen LogP) is 3.47. The standard InChI is InChI=1S/C17H19N3O3S/c1-10(17-19-9-11(2)24-17)8-18-15(21)7-13-12(3)23-16(20-13)14-5-4-6-22-14/h4-6,9-10H,7-8H2,1-3H3,(H,18,21). The molecule has 1 amide bonds. The molecule has 3 heterocycles. The van der Waals surface area contributed by atoms with Gasteiger partial charge in [0.15, 0.2) is 5.76 Å². The molecule has 126 valence electrons. The van der Waals surface area contributed by atoms with E-state index in [1.807, 2.05) is 13.1 Å². The van der Waals surface area contributed by atoms with Gasteiger partial charge in [0, 0.05) is 23.5 Å².